The molecule has 1 aromatic carbocycles. The number of methoxy groups -OCH3 is 1. The molecule has 1 fully saturated rings. The van der Waals surface area contributed by atoms with E-state index in [0.717, 1.165) is 24.4 Å². The average Bonchev–Trinajstić information content (AvgIpc) is 3.08. The number of amides is 1. The van der Waals surface area contributed by atoms with Crippen molar-refractivity contribution in [2.75, 3.05) is 26.7 Å². The van der Waals surface area contributed by atoms with Gasteiger partial charge in [0.25, 0.3) is 0 Å². The minimum Gasteiger partial charge on any atom is -0.496 e. The van der Waals surface area contributed by atoms with Crippen LogP contribution in [-0.4, -0.2) is 43.6 Å². The predicted octanol–water partition coefficient (Wildman–Crippen LogP) is 1.93. The molecule has 0 aromatic heterocycles. The summed E-state index contributed by atoms with van der Waals surface area (Å²) >= 11 is 0. The van der Waals surface area contributed by atoms with E-state index in [9.17, 15) is 4.79 Å². The number of benzene rings is 1. The largest absolute Gasteiger partial charge is 0.496 e. The van der Waals surface area contributed by atoms with E-state index >= 15 is 0 Å². The Bertz CT molecular complexity index is 513. The van der Waals surface area contributed by atoms with Crippen molar-refractivity contribution in [1.29, 1.82) is 0 Å². The van der Waals surface area contributed by atoms with Crippen LogP contribution in [0.5, 0.6) is 5.75 Å². The molecule has 1 amide bonds. The molecule has 2 rings (SSSR count). The normalized spacial score (nSPS) is 19.1. The van der Waals surface area contributed by atoms with E-state index in [2.05, 4.69) is 16.3 Å². The van der Waals surface area contributed by atoms with Gasteiger partial charge in [-0.1, -0.05) is 25.1 Å². The molecule has 0 radical (unpaired) electrons. The van der Waals surface area contributed by atoms with Crippen molar-refractivity contribution in [2.45, 2.75) is 38.8 Å². The van der Waals surface area contributed by atoms with Crippen LogP contribution in [0.15, 0.2) is 24.3 Å². The van der Waals surface area contributed by atoms with Crippen LogP contribution in [0.2, 0.25) is 0 Å². The van der Waals surface area contributed by atoms with Gasteiger partial charge < -0.3 is 15.8 Å². The monoisotopic (exact) mass is 319 g/mol. The van der Waals surface area contributed by atoms with Crippen LogP contribution in [0, 0.1) is 5.92 Å². The Labute approximate surface area is 139 Å². The number of carbonyl (C=O) groups is 1. The summed E-state index contributed by atoms with van der Waals surface area (Å²) in [4.78, 5) is 14.7. The van der Waals surface area contributed by atoms with E-state index in [0.29, 0.717) is 6.54 Å². The Morgan fingerprint density at radius 3 is 2.57 bits per heavy atom. The fraction of sp³-hybridized carbons (Fsp3) is 0.611. The minimum atomic E-state index is -0.188. The zero-order valence-electron chi connectivity index (χ0n) is 14.4. The van der Waals surface area contributed by atoms with Gasteiger partial charge in [-0.05, 0) is 38.9 Å². The standard InChI is InChI=1S/C18H29N3O2/c1-13(14(2)19)18(22)20-12-16(21-10-6-7-11-21)15-8-4-5-9-17(15)23-3/h4-5,8-9,13-14,16H,6-7,10-12,19H2,1-3H3,(H,20,22). The van der Waals surface area contributed by atoms with E-state index in [-0.39, 0.29) is 23.9 Å². The quantitative estimate of drug-likeness (QED) is 0.806. The molecule has 23 heavy (non-hydrogen) atoms. The molecule has 3 unspecified atom stereocenters. The first kappa shape index (κ1) is 17.8. The topological polar surface area (TPSA) is 67.6 Å². The van der Waals surface area contributed by atoms with Gasteiger partial charge in [-0.15, -0.1) is 0 Å². The molecule has 0 spiro atoms. The molecule has 0 saturated carbocycles. The minimum absolute atomic E-state index is 0.0131. The molecule has 1 aliphatic heterocycles. The van der Waals surface area contributed by atoms with Gasteiger partial charge in [0, 0.05) is 24.1 Å². The number of nitrogens with one attached hydrogen (secondary N) is 1. The van der Waals surface area contributed by atoms with Crippen LogP contribution in [0.3, 0.4) is 0 Å². The molecule has 5 heteroatoms. The van der Waals surface area contributed by atoms with Gasteiger partial charge >= 0.3 is 0 Å². The molecule has 3 atom stereocenters. The maximum Gasteiger partial charge on any atom is 0.224 e. The summed E-state index contributed by atoms with van der Waals surface area (Å²) in [6.45, 7) is 6.43. The van der Waals surface area contributed by atoms with Crippen LogP contribution < -0.4 is 15.8 Å². The molecule has 1 aromatic rings. The number of para-hydroxylation sites is 1. The first-order valence-electron chi connectivity index (χ1n) is 8.45. The van der Waals surface area contributed by atoms with Crippen molar-refractivity contribution in [3.05, 3.63) is 29.8 Å². The third-order valence-electron chi connectivity index (χ3n) is 4.75. The number of likely N-dealkylation sites (tertiary alicyclic amines) is 1. The second kappa shape index (κ2) is 8.31. The lowest BCUT2D eigenvalue weighted by atomic mass is 10.0. The van der Waals surface area contributed by atoms with Crippen molar-refractivity contribution < 1.29 is 9.53 Å². The molecular formula is C18H29N3O2. The zero-order chi connectivity index (χ0) is 16.8. The van der Waals surface area contributed by atoms with Gasteiger partial charge in [-0.25, -0.2) is 0 Å². The molecule has 3 N–H and O–H groups in total. The first-order chi connectivity index (χ1) is 11.0. The van der Waals surface area contributed by atoms with Gasteiger partial charge in [0.2, 0.25) is 5.91 Å². The molecule has 5 nitrogen and oxygen atoms in total. The SMILES string of the molecule is COc1ccccc1C(CNC(=O)C(C)C(C)N)N1CCCC1. The summed E-state index contributed by atoms with van der Waals surface area (Å²) in [7, 11) is 1.69. The maximum absolute atomic E-state index is 12.2. The fourth-order valence-corrected chi connectivity index (χ4v) is 3.03. The molecule has 0 bridgehead atoms. The molecular weight excluding hydrogens is 290 g/mol. The number of nitrogens with two attached hydrogens (primary N) is 1. The van der Waals surface area contributed by atoms with E-state index in [1.165, 1.54) is 12.8 Å². The van der Waals surface area contributed by atoms with Crippen LogP contribution in [0.1, 0.15) is 38.3 Å². The Hall–Kier alpha value is -1.59. The van der Waals surface area contributed by atoms with Crippen molar-refractivity contribution in [3.8, 4) is 5.75 Å². The lowest BCUT2D eigenvalue weighted by Crippen LogP contribution is -2.42. The maximum atomic E-state index is 12.2. The Morgan fingerprint density at radius 2 is 1.96 bits per heavy atom. The Balaban J connectivity index is 2.13. The number of hydrogen-bond acceptors (Lipinski definition) is 4. The first-order valence-corrected chi connectivity index (χ1v) is 8.45. The fourth-order valence-electron chi connectivity index (χ4n) is 3.03. The Morgan fingerprint density at radius 1 is 1.30 bits per heavy atom. The average molecular weight is 319 g/mol. The van der Waals surface area contributed by atoms with Gasteiger partial charge in [0.15, 0.2) is 0 Å². The van der Waals surface area contributed by atoms with Crippen LogP contribution in [0.25, 0.3) is 0 Å². The highest BCUT2D eigenvalue weighted by molar-refractivity contribution is 5.79. The van der Waals surface area contributed by atoms with Gasteiger partial charge in [0.1, 0.15) is 5.75 Å². The van der Waals surface area contributed by atoms with Crippen LogP contribution in [0.4, 0.5) is 0 Å². The highest BCUT2D eigenvalue weighted by Crippen LogP contribution is 2.31. The van der Waals surface area contributed by atoms with Crippen molar-refractivity contribution in [3.63, 3.8) is 0 Å². The number of rotatable bonds is 7. The number of ether oxygens (including phenoxy) is 1. The predicted molar refractivity (Wildman–Crippen MR) is 92.4 cm³/mol. The summed E-state index contributed by atoms with van der Waals surface area (Å²) < 4.78 is 5.52. The Kier molecular flexibility index (Phi) is 6.42. The van der Waals surface area contributed by atoms with Gasteiger partial charge in [-0.3, -0.25) is 9.69 Å². The highest BCUT2D eigenvalue weighted by Gasteiger charge is 2.27. The number of hydrogen-bond donors (Lipinski definition) is 2. The second-order valence-corrected chi connectivity index (χ2v) is 6.39. The molecule has 1 aliphatic rings. The van der Waals surface area contributed by atoms with E-state index in [1.807, 2.05) is 32.0 Å². The summed E-state index contributed by atoms with van der Waals surface area (Å²) in [5.41, 5.74) is 6.96. The van der Waals surface area contributed by atoms with Gasteiger partial charge in [0.05, 0.1) is 13.2 Å². The smallest absolute Gasteiger partial charge is 0.224 e. The molecule has 1 saturated heterocycles. The third kappa shape index (κ3) is 4.45. The van der Waals surface area contributed by atoms with E-state index in [4.69, 9.17) is 10.5 Å². The summed E-state index contributed by atoms with van der Waals surface area (Å²) in [5.74, 6) is 0.699. The molecule has 128 valence electrons. The summed E-state index contributed by atoms with van der Waals surface area (Å²) in [6, 6.07) is 8.05. The van der Waals surface area contributed by atoms with Crippen LogP contribution in [-0.2, 0) is 4.79 Å². The van der Waals surface area contributed by atoms with Gasteiger partial charge in [-0.2, -0.15) is 0 Å². The van der Waals surface area contributed by atoms with Crippen molar-refractivity contribution in [1.82, 2.24) is 10.2 Å². The summed E-state index contributed by atoms with van der Waals surface area (Å²) in [6.07, 6.45) is 2.41. The number of nitrogens with zero attached hydrogens (tertiary/aromatic N) is 1. The highest BCUT2D eigenvalue weighted by atomic mass is 16.5. The number of carbonyl (C=O) groups excluding carboxylic acids is 1. The third-order valence-corrected chi connectivity index (χ3v) is 4.75. The lowest BCUT2D eigenvalue weighted by molar-refractivity contribution is -0.125. The van der Waals surface area contributed by atoms with Crippen molar-refractivity contribution in [2.24, 2.45) is 11.7 Å². The zero-order valence-corrected chi connectivity index (χ0v) is 14.4. The molecule has 1 heterocycles. The van der Waals surface area contributed by atoms with E-state index in [1.54, 1.807) is 7.11 Å². The van der Waals surface area contributed by atoms with E-state index < -0.39 is 0 Å². The van der Waals surface area contributed by atoms with Crippen LogP contribution >= 0.6 is 0 Å². The summed E-state index contributed by atoms with van der Waals surface area (Å²) in [5, 5.41) is 3.07. The second-order valence-electron chi connectivity index (χ2n) is 6.39. The van der Waals surface area contributed by atoms with Crippen molar-refractivity contribution >= 4 is 5.91 Å². The lowest BCUT2D eigenvalue weighted by Gasteiger charge is -2.30. The molecule has 0 aliphatic carbocycles.